The molecule has 0 aliphatic rings. The number of pyridine rings is 1. The Morgan fingerprint density at radius 2 is 1.67 bits per heavy atom. The molecule has 0 saturated heterocycles. The fourth-order valence-corrected chi connectivity index (χ4v) is 2.48. The van der Waals surface area contributed by atoms with Gasteiger partial charge in [0, 0.05) is 25.5 Å². The van der Waals surface area contributed by atoms with Crippen LogP contribution in [0.2, 0.25) is 0 Å². The normalized spacial score (nSPS) is 10.2. The lowest BCUT2D eigenvalue weighted by atomic mass is 10.1. The summed E-state index contributed by atoms with van der Waals surface area (Å²) < 4.78 is 10.7. The van der Waals surface area contributed by atoms with Crippen molar-refractivity contribution in [2.24, 2.45) is 0 Å². The number of amides is 2. The van der Waals surface area contributed by atoms with Gasteiger partial charge in [-0.3, -0.25) is 14.6 Å². The Morgan fingerprint density at radius 3 is 2.30 bits per heavy atom. The maximum atomic E-state index is 12.4. The van der Waals surface area contributed by atoms with Gasteiger partial charge < -0.3 is 19.7 Å². The molecule has 7 heteroatoms. The summed E-state index contributed by atoms with van der Waals surface area (Å²) in [6.07, 6.45) is 2.92. The van der Waals surface area contributed by atoms with Gasteiger partial charge in [-0.15, -0.1) is 0 Å². The molecule has 0 radical (unpaired) electrons. The van der Waals surface area contributed by atoms with Crippen LogP contribution in [0.3, 0.4) is 0 Å². The Hall–Kier alpha value is -3.09. The van der Waals surface area contributed by atoms with Crippen LogP contribution < -0.4 is 14.8 Å². The van der Waals surface area contributed by atoms with E-state index in [1.807, 2.05) is 13.8 Å². The zero-order chi connectivity index (χ0) is 19.6. The molecule has 1 N–H and O–H groups in total. The van der Waals surface area contributed by atoms with Crippen molar-refractivity contribution in [2.45, 2.75) is 13.8 Å². The van der Waals surface area contributed by atoms with Gasteiger partial charge in [0.05, 0.1) is 24.8 Å². The lowest BCUT2D eigenvalue weighted by molar-refractivity contribution is 0.0772. The lowest BCUT2D eigenvalue weighted by Gasteiger charge is -2.18. The molecule has 0 aliphatic carbocycles. The second kappa shape index (κ2) is 10.2. The second-order valence-corrected chi connectivity index (χ2v) is 5.72. The van der Waals surface area contributed by atoms with Crippen LogP contribution in [0.4, 0.5) is 0 Å². The Kier molecular flexibility index (Phi) is 7.61. The zero-order valence-corrected chi connectivity index (χ0v) is 15.9. The number of rotatable bonds is 9. The average Bonchev–Trinajstić information content (AvgIpc) is 2.72. The molecule has 0 spiro atoms. The predicted molar refractivity (Wildman–Crippen MR) is 102 cm³/mol. The molecule has 27 heavy (non-hydrogen) atoms. The lowest BCUT2D eigenvalue weighted by Crippen LogP contribution is -2.31. The number of nitrogens with one attached hydrogen (secondary N) is 1. The Morgan fingerprint density at radius 1 is 1.04 bits per heavy atom. The Labute approximate surface area is 159 Å². The van der Waals surface area contributed by atoms with Crippen molar-refractivity contribution >= 4 is 11.8 Å². The van der Waals surface area contributed by atoms with Crippen LogP contribution in [0.25, 0.3) is 0 Å². The van der Waals surface area contributed by atoms with Gasteiger partial charge in [-0.1, -0.05) is 0 Å². The van der Waals surface area contributed by atoms with Gasteiger partial charge in [0.2, 0.25) is 0 Å². The summed E-state index contributed by atoms with van der Waals surface area (Å²) in [5, 5.41) is 2.76. The third kappa shape index (κ3) is 5.70. The largest absolute Gasteiger partial charge is 0.497 e. The van der Waals surface area contributed by atoms with Crippen molar-refractivity contribution in [3.05, 3.63) is 53.9 Å². The first kappa shape index (κ1) is 20.2. The quantitative estimate of drug-likeness (QED) is 0.685. The number of nitrogens with zero attached hydrogens (tertiary/aromatic N) is 2. The van der Waals surface area contributed by atoms with Gasteiger partial charge in [0.15, 0.2) is 0 Å². The first-order chi connectivity index (χ1) is 13.1. The molecule has 1 heterocycles. The SMILES string of the molecule is CCN(CC)C(=O)c1cncc(C(=O)NCCOc2ccc(OC)cc2)c1. The predicted octanol–water partition coefficient (Wildman–Crippen LogP) is 2.38. The Bertz CT molecular complexity index is 758. The summed E-state index contributed by atoms with van der Waals surface area (Å²) in [4.78, 5) is 30.3. The van der Waals surface area contributed by atoms with E-state index >= 15 is 0 Å². The molecule has 2 amide bonds. The van der Waals surface area contributed by atoms with E-state index in [4.69, 9.17) is 9.47 Å². The Balaban J connectivity index is 1.86. The van der Waals surface area contributed by atoms with E-state index in [1.165, 1.54) is 12.4 Å². The van der Waals surface area contributed by atoms with E-state index in [9.17, 15) is 9.59 Å². The molecular weight excluding hydrogens is 346 g/mol. The van der Waals surface area contributed by atoms with Gasteiger partial charge in [-0.05, 0) is 44.2 Å². The van der Waals surface area contributed by atoms with Gasteiger partial charge in [-0.2, -0.15) is 0 Å². The molecule has 1 aromatic heterocycles. The van der Waals surface area contributed by atoms with Gasteiger partial charge in [0.1, 0.15) is 18.1 Å². The van der Waals surface area contributed by atoms with Crippen molar-refractivity contribution in [3.8, 4) is 11.5 Å². The highest BCUT2D eigenvalue weighted by Crippen LogP contribution is 2.16. The number of hydrogen-bond donors (Lipinski definition) is 1. The third-order valence-corrected chi connectivity index (χ3v) is 4.01. The summed E-state index contributed by atoms with van der Waals surface area (Å²) in [6.45, 7) is 5.69. The standard InChI is InChI=1S/C20H25N3O4/c1-4-23(5-2)20(25)16-12-15(13-21-14-16)19(24)22-10-11-27-18-8-6-17(26-3)7-9-18/h6-9,12-14H,4-5,10-11H2,1-3H3,(H,22,24). The molecule has 7 nitrogen and oxygen atoms in total. The smallest absolute Gasteiger partial charge is 0.255 e. The summed E-state index contributed by atoms with van der Waals surface area (Å²) in [5.41, 5.74) is 0.748. The molecule has 0 fully saturated rings. The van der Waals surface area contributed by atoms with Crippen molar-refractivity contribution in [2.75, 3.05) is 33.4 Å². The van der Waals surface area contributed by atoms with Crippen LogP contribution in [-0.4, -0.2) is 55.0 Å². The molecule has 0 atom stereocenters. The molecule has 144 valence electrons. The minimum absolute atomic E-state index is 0.134. The maximum Gasteiger partial charge on any atom is 0.255 e. The zero-order valence-electron chi connectivity index (χ0n) is 15.9. The van der Waals surface area contributed by atoms with Crippen molar-refractivity contribution in [3.63, 3.8) is 0 Å². The van der Waals surface area contributed by atoms with E-state index in [-0.39, 0.29) is 11.8 Å². The van der Waals surface area contributed by atoms with Crippen LogP contribution in [0.1, 0.15) is 34.6 Å². The second-order valence-electron chi connectivity index (χ2n) is 5.72. The summed E-state index contributed by atoms with van der Waals surface area (Å²) in [5.74, 6) is 1.01. The average molecular weight is 371 g/mol. The monoisotopic (exact) mass is 371 g/mol. The fraction of sp³-hybridized carbons (Fsp3) is 0.350. The van der Waals surface area contributed by atoms with Crippen LogP contribution in [0.5, 0.6) is 11.5 Å². The number of methoxy groups -OCH3 is 1. The van der Waals surface area contributed by atoms with E-state index in [2.05, 4.69) is 10.3 Å². The highest BCUT2D eigenvalue weighted by Gasteiger charge is 2.15. The number of ether oxygens (including phenoxy) is 2. The number of carbonyl (C=O) groups excluding carboxylic acids is 2. The van der Waals surface area contributed by atoms with Gasteiger partial charge >= 0.3 is 0 Å². The van der Waals surface area contributed by atoms with Crippen molar-refractivity contribution < 1.29 is 19.1 Å². The van der Waals surface area contributed by atoms with Crippen LogP contribution in [-0.2, 0) is 0 Å². The molecule has 1 aromatic carbocycles. The topological polar surface area (TPSA) is 80.8 Å². The third-order valence-electron chi connectivity index (χ3n) is 4.01. The van der Waals surface area contributed by atoms with E-state index in [0.717, 1.165) is 5.75 Å². The summed E-state index contributed by atoms with van der Waals surface area (Å²) >= 11 is 0. The maximum absolute atomic E-state index is 12.4. The molecule has 0 aliphatic heterocycles. The van der Waals surface area contributed by atoms with E-state index in [1.54, 1.807) is 42.3 Å². The minimum Gasteiger partial charge on any atom is -0.497 e. The molecule has 0 bridgehead atoms. The van der Waals surface area contributed by atoms with Crippen molar-refractivity contribution in [1.82, 2.24) is 15.2 Å². The highest BCUT2D eigenvalue weighted by atomic mass is 16.5. The van der Waals surface area contributed by atoms with Crippen LogP contribution >= 0.6 is 0 Å². The van der Waals surface area contributed by atoms with E-state index in [0.29, 0.717) is 43.1 Å². The van der Waals surface area contributed by atoms with Crippen molar-refractivity contribution in [1.29, 1.82) is 0 Å². The van der Waals surface area contributed by atoms with Gasteiger partial charge in [0.25, 0.3) is 11.8 Å². The van der Waals surface area contributed by atoms with Crippen LogP contribution in [0, 0.1) is 0 Å². The number of aromatic nitrogens is 1. The fourth-order valence-electron chi connectivity index (χ4n) is 2.48. The molecule has 0 saturated carbocycles. The molecular formula is C20H25N3O4. The summed E-state index contributed by atoms with van der Waals surface area (Å²) in [6, 6.07) is 8.77. The highest BCUT2D eigenvalue weighted by molar-refractivity contribution is 5.99. The van der Waals surface area contributed by atoms with Crippen LogP contribution in [0.15, 0.2) is 42.7 Å². The molecule has 2 rings (SSSR count). The minimum atomic E-state index is -0.296. The molecule has 0 unspecified atom stereocenters. The van der Waals surface area contributed by atoms with E-state index < -0.39 is 0 Å². The number of benzene rings is 1. The molecule has 2 aromatic rings. The first-order valence-corrected chi connectivity index (χ1v) is 8.88. The van der Waals surface area contributed by atoms with Gasteiger partial charge in [-0.25, -0.2) is 0 Å². The summed E-state index contributed by atoms with van der Waals surface area (Å²) in [7, 11) is 1.60. The number of hydrogen-bond acceptors (Lipinski definition) is 5. The first-order valence-electron chi connectivity index (χ1n) is 8.88. The number of carbonyl (C=O) groups is 2.